The van der Waals surface area contributed by atoms with Crippen LogP contribution in [-0.2, 0) is 6.42 Å². The second kappa shape index (κ2) is 4.73. The first-order valence-electron chi connectivity index (χ1n) is 6.41. The maximum atomic E-state index is 5.88. The zero-order valence-corrected chi connectivity index (χ0v) is 10.9. The van der Waals surface area contributed by atoms with Crippen LogP contribution in [-0.4, -0.2) is 4.98 Å². The molecular formula is C17H16N2. The highest BCUT2D eigenvalue weighted by Gasteiger charge is 2.01. The van der Waals surface area contributed by atoms with Gasteiger partial charge in [-0.25, -0.2) is 0 Å². The monoisotopic (exact) mass is 248 g/mol. The van der Waals surface area contributed by atoms with Crippen molar-refractivity contribution < 1.29 is 0 Å². The first kappa shape index (κ1) is 11.7. The van der Waals surface area contributed by atoms with Crippen LogP contribution in [0.25, 0.3) is 10.9 Å². The number of nitrogens with zero attached hydrogens (tertiary/aromatic N) is 1. The molecule has 0 bridgehead atoms. The van der Waals surface area contributed by atoms with Crippen LogP contribution < -0.4 is 5.73 Å². The summed E-state index contributed by atoms with van der Waals surface area (Å²) in [6.45, 7) is 2.06. The third-order valence-corrected chi connectivity index (χ3v) is 3.20. The number of anilines is 1. The van der Waals surface area contributed by atoms with Crippen molar-refractivity contribution in [1.29, 1.82) is 0 Å². The van der Waals surface area contributed by atoms with Crippen LogP contribution in [0.15, 0.2) is 54.6 Å². The lowest BCUT2D eigenvalue weighted by Gasteiger charge is -2.06. The van der Waals surface area contributed by atoms with Crippen molar-refractivity contribution in [3.8, 4) is 0 Å². The first-order valence-corrected chi connectivity index (χ1v) is 6.41. The molecule has 2 heteroatoms. The number of rotatable bonds is 2. The van der Waals surface area contributed by atoms with Gasteiger partial charge in [-0.2, -0.15) is 0 Å². The van der Waals surface area contributed by atoms with Crippen molar-refractivity contribution in [3.05, 3.63) is 71.4 Å². The summed E-state index contributed by atoms with van der Waals surface area (Å²) in [7, 11) is 0. The number of para-hydroxylation sites is 1. The molecule has 0 aliphatic rings. The summed E-state index contributed by atoms with van der Waals surface area (Å²) in [5.74, 6) is 0. The number of hydrogen-bond donors (Lipinski definition) is 1. The van der Waals surface area contributed by atoms with Crippen molar-refractivity contribution in [1.82, 2.24) is 4.98 Å². The minimum Gasteiger partial charge on any atom is -0.399 e. The van der Waals surface area contributed by atoms with Crippen molar-refractivity contribution in [3.63, 3.8) is 0 Å². The number of benzene rings is 2. The van der Waals surface area contributed by atoms with E-state index >= 15 is 0 Å². The topological polar surface area (TPSA) is 38.9 Å². The lowest BCUT2D eigenvalue weighted by molar-refractivity contribution is 1.10. The highest BCUT2D eigenvalue weighted by molar-refractivity contribution is 5.78. The van der Waals surface area contributed by atoms with E-state index in [1.807, 2.05) is 30.3 Å². The van der Waals surface area contributed by atoms with Gasteiger partial charge in [0, 0.05) is 23.2 Å². The number of nitrogen functional groups attached to an aromatic ring is 1. The van der Waals surface area contributed by atoms with Gasteiger partial charge in [0.1, 0.15) is 0 Å². The van der Waals surface area contributed by atoms with Gasteiger partial charge in [0.2, 0.25) is 0 Å². The van der Waals surface area contributed by atoms with E-state index in [4.69, 9.17) is 5.73 Å². The average Bonchev–Trinajstić information content (AvgIpc) is 2.37. The zero-order valence-electron chi connectivity index (χ0n) is 10.9. The Hall–Kier alpha value is -2.35. The summed E-state index contributed by atoms with van der Waals surface area (Å²) >= 11 is 0. The van der Waals surface area contributed by atoms with Crippen LogP contribution in [0.2, 0.25) is 0 Å². The summed E-state index contributed by atoms with van der Waals surface area (Å²) in [5, 5.41) is 1.18. The number of pyridine rings is 1. The summed E-state index contributed by atoms with van der Waals surface area (Å²) < 4.78 is 0. The largest absolute Gasteiger partial charge is 0.399 e. The van der Waals surface area contributed by atoms with Gasteiger partial charge in [-0.1, -0.05) is 30.3 Å². The molecule has 94 valence electrons. The van der Waals surface area contributed by atoms with Gasteiger partial charge in [0.25, 0.3) is 0 Å². The Balaban J connectivity index is 1.96. The Bertz CT molecular complexity index is 712. The van der Waals surface area contributed by atoms with E-state index in [-0.39, 0.29) is 0 Å². The standard InChI is InChI=1S/C17H16N2/c1-12-8-13(10-15(18)9-12)11-16-7-6-14-4-2-3-5-17(14)19-16/h2-10H,11,18H2,1H3. The third-order valence-electron chi connectivity index (χ3n) is 3.20. The predicted octanol–water partition coefficient (Wildman–Crippen LogP) is 3.72. The summed E-state index contributed by atoms with van der Waals surface area (Å²) in [6.07, 6.45) is 0.816. The molecule has 2 aromatic carbocycles. The molecule has 2 N–H and O–H groups in total. The van der Waals surface area contributed by atoms with Crippen LogP contribution in [0.3, 0.4) is 0 Å². The van der Waals surface area contributed by atoms with Gasteiger partial charge in [0.05, 0.1) is 5.52 Å². The van der Waals surface area contributed by atoms with E-state index in [1.165, 1.54) is 16.5 Å². The normalized spacial score (nSPS) is 10.8. The molecule has 0 saturated heterocycles. The van der Waals surface area contributed by atoms with Crippen LogP contribution in [0.5, 0.6) is 0 Å². The maximum absolute atomic E-state index is 5.88. The Kier molecular flexibility index (Phi) is 2.92. The lowest BCUT2D eigenvalue weighted by atomic mass is 10.0. The number of fused-ring (bicyclic) bond motifs is 1. The predicted molar refractivity (Wildman–Crippen MR) is 80.1 cm³/mol. The SMILES string of the molecule is Cc1cc(N)cc(Cc2ccc3ccccc3n2)c1. The molecule has 1 aromatic heterocycles. The van der Waals surface area contributed by atoms with Gasteiger partial charge in [-0.15, -0.1) is 0 Å². The van der Waals surface area contributed by atoms with Crippen LogP contribution in [0.1, 0.15) is 16.8 Å². The molecule has 0 amide bonds. The molecule has 0 unspecified atom stereocenters. The zero-order chi connectivity index (χ0) is 13.2. The molecule has 2 nitrogen and oxygen atoms in total. The highest BCUT2D eigenvalue weighted by Crippen LogP contribution is 2.17. The number of aromatic nitrogens is 1. The summed E-state index contributed by atoms with van der Waals surface area (Å²) in [4.78, 5) is 4.69. The molecule has 0 aliphatic carbocycles. The second-order valence-electron chi connectivity index (χ2n) is 4.92. The molecule has 0 saturated carbocycles. The maximum Gasteiger partial charge on any atom is 0.0705 e. The lowest BCUT2D eigenvalue weighted by Crippen LogP contribution is -1.95. The average molecular weight is 248 g/mol. The van der Waals surface area contributed by atoms with E-state index in [9.17, 15) is 0 Å². The Morgan fingerprint density at radius 2 is 1.84 bits per heavy atom. The molecule has 19 heavy (non-hydrogen) atoms. The minimum atomic E-state index is 0.816. The van der Waals surface area contributed by atoms with Gasteiger partial charge >= 0.3 is 0 Å². The Morgan fingerprint density at radius 1 is 1.00 bits per heavy atom. The van der Waals surface area contributed by atoms with Gasteiger partial charge < -0.3 is 5.73 Å². The summed E-state index contributed by atoms with van der Waals surface area (Å²) in [6, 6.07) is 18.5. The van der Waals surface area contributed by atoms with Gasteiger partial charge in [0.15, 0.2) is 0 Å². The quantitative estimate of drug-likeness (QED) is 0.702. The van der Waals surface area contributed by atoms with Crippen LogP contribution in [0.4, 0.5) is 5.69 Å². The van der Waals surface area contributed by atoms with E-state index in [0.29, 0.717) is 0 Å². The third kappa shape index (κ3) is 2.58. The van der Waals surface area contributed by atoms with E-state index in [1.54, 1.807) is 0 Å². The molecule has 3 aromatic rings. The molecule has 0 spiro atoms. The van der Waals surface area contributed by atoms with Gasteiger partial charge in [-0.05, 0) is 42.3 Å². The fourth-order valence-electron chi connectivity index (χ4n) is 2.41. The van der Waals surface area contributed by atoms with Crippen molar-refractivity contribution in [2.75, 3.05) is 5.73 Å². The van der Waals surface area contributed by atoms with Gasteiger partial charge in [-0.3, -0.25) is 4.98 Å². The smallest absolute Gasteiger partial charge is 0.0705 e. The molecule has 0 fully saturated rings. The molecule has 0 radical (unpaired) electrons. The number of hydrogen-bond acceptors (Lipinski definition) is 2. The Labute approximate surface area is 112 Å². The molecule has 1 heterocycles. The Morgan fingerprint density at radius 3 is 2.68 bits per heavy atom. The minimum absolute atomic E-state index is 0.816. The van der Waals surface area contributed by atoms with Crippen LogP contribution in [0, 0.1) is 6.92 Å². The fraction of sp³-hybridized carbons (Fsp3) is 0.118. The number of nitrogens with two attached hydrogens (primary N) is 1. The second-order valence-corrected chi connectivity index (χ2v) is 4.92. The van der Waals surface area contributed by atoms with Crippen molar-refractivity contribution in [2.24, 2.45) is 0 Å². The molecule has 0 aliphatic heterocycles. The van der Waals surface area contributed by atoms with Crippen molar-refractivity contribution in [2.45, 2.75) is 13.3 Å². The van der Waals surface area contributed by atoms with Crippen LogP contribution >= 0.6 is 0 Å². The van der Waals surface area contributed by atoms with E-state index in [0.717, 1.165) is 23.3 Å². The fourth-order valence-corrected chi connectivity index (χ4v) is 2.41. The molecule has 0 atom stereocenters. The van der Waals surface area contributed by atoms with E-state index < -0.39 is 0 Å². The molecular weight excluding hydrogens is 232 g/mol. The van der Waals surface area contributed by atoms with E-state index in [2.05, 4.69) is 36.2 Å². The number of aryl methyl sites for hydroxylation is 1. The molecule has 3 rings (SSSR count). The highest BCUT2D eigenvalue weighted by atomic mass is 14.7. The summed E-state index contributed by atoms with van der Waals surface area (Å²) in [5.41, 5.74) is 11.2. The van der Waals surface area contributed by atoms with Crippen molar-refractivity contribution >= 4 is 16.6 Å². The first-order chi connectivity index (χ1) is 9.20.